The molecule has 1 atom stereocenters. The van der Waals surface area contributed by atoms with Gasteiger partial charge in [0.2, 0.25) is 5.88 Å². The van der Waals surface area contributed by atoms with E-state index >= 15 is 0 Å². The molecule has 0 aliphatic rings. The van der Waals surface area contributed by atoms with E-state index in [1.54, 1.807) is 38.4 Å². The smallest absolute Gasteiger partial charge is 0.239 e. The Labute approximate surface area is 143 Å². The van der Waals surface area contributed by atoms with Gasteiger partial charge in [0.05, 0.1) is 6.10 Å². The molecule has 0 amide bonds. The number of hydrogen-bond donors (Lipinski definition) is 1. The topological polar surface area (TPSA) is 84.0 Å². The fraction of sp³-hybridized carbons (Fsp3) is 0.167. The summed E-state index contributed by atoms with van der Waals surface area (Å²) < 4.78 is 20.7. The van der Waals surface area contributed by atoms with Crippen LogP contribution in [0.5, 0.6) is 11.6 Å². The zero-order valence-electron chi connectivity index (χ0n) is 13.6. The SMILES string of the molecule is C[C@@H](O)c1cc(F)ccc1-c1ncccc1Oc1cc(C#N)n(C)n1. The normalized spacial score (nSPS) is 11.8. The number of aryl methyl sites for hydroxylation is 1. The summed E-state index contributed by atoms with van der Waals surface area (Å²) >= 11 is 0. The molecule has 7 heteroatoms. The van der Waals surface area contributed by atoms with Crippen molar-refractivity contribution in [3.8, 4) is 29.0 Å². The average Bonchev–Trinajstić information content (AvgIpc) is 2.95. The van der Waals surface area contributed by atoms with Crippen LogP contribution in [-0.2, 0) is 7.05 Å². The van der Waals surface area contributed by atoms with Gasteiger partial charge in [0.15, 0.2) is 5.75 Å². The van der Waals surface area contributed by atoms with Gasteiger partial charge in [-0.1, -0.05) is 0 Å². The van der Waals surface area contributed by atoms with Gasteiger partial charge in [-0.25, -0.2) is 4.39 Å². The van der Waals surface area contributed by atoms with Crippen LogP contribution in [0.4, 0.5) is 4.39 Å². The minimum absolute atomic E-state index is 0.244. The number of pyridine rings is 1. The molecule has 3 aromatic rings. The number of nitriles is 1. The van der Waals surface area contributed by atoms with Crippen LogP contribution in [0.1, 0.15) is 24.3 Å². The molecule has 0 aliphatic carbocycles. The highest BCUT2D eigenvalue weighted by Gasteiger charge is 2.17. The summed E-state index contributed by atoms with van der Waals surface area (Å²) in [7, 11) is 1.64. The van der Waals surface area contributed by atoms with Gasteiger partial charge in [0.25, 0.3) is 0 Å². The molecular formula is C18H15FN4O2. The second kappa shape index (κ2) is 6.71. The van der Waals surface area contributed by atoms with Gasteiger partial charge in [-0.15, -0.1) is 5.10 Å². The van der Waals surface area contributed by atoms with E-state index in [4.69, 9.17) is 10.00 Å². The van der Waals surface area contributed by atoms with Crippen molar-refractivity contribution in [2.75, 3.05) is 0 Å². The first-order valence-electron chi connectivity index (χ1n) is 7.54. The molecule has 0 saturated heterocycles. The van der Waals surface area contributed by atoms with Gasteiger partial charge in [-0.05, 0) is 42.8 Å². The molecule has 0 bridgehead atoms. The van der Waals surface area contributed by atoms with Crippen molar-refractivity contribution in [1.82, 2.24) is 14.8 Å². The molecule has 0 radical (unpaired) electrons. The summed E-state index contributed by atoms with van der Waals surface area (Å²) in [6, 6.07) is 11.0. The summed E-state index contributed by atoms with van der Waals surface area (Å²) in [6.07, 6.45) is 0.705. The number of hydrogen-bond acceptors (Lipinski definition) is 5. The Morgan fingerprint density at radius 3 is 2.80 bits per heavy atom. The Balaban J connectivity index is 2.06. The molecule has 25 heavy (non-hydrogen) atoms. The summed E-state index contributed by atoms with van der Waals surface area (Å²) in [5.41, 5.74) is 1.76. The van der Waals surface area contributed by atoms with E-state index in [1.165, 1.54) is 22.9 Å². The molecule has 0 aliphatic heterocycles. The van der Waals surface area contributed by atoms with E-state index in [2.05, 4.69) is 10.1 Å². The highest BCUT2D eigenvalue weighted by atomic mass is 19.1. The Hall–Kier alpha value is -3.24. The van der Waals surface area contributed by atoms with Gasteiger partial charge in [-0.3, -0.25) is 9.67 Å². The maximum absolute atomic E-state index is 13.6. The molecule has 0 spiro atoms. The summed E-state index contributed by atoms with van der Waals surface area (Å²) in [4.78, 5) is 4.31. The van der Waals surface area contributed by atoms with Crippen molar-refractivity contribution >= 4 is 0 Å². The minimum Gasteiger partial charge on any atom is -0.435 e. The lowest BCUT2D eigenvalue weighted by Gasteiger charge is -2.14. The molecular weight excluding hydrogens is 323 g/mol. The number of nitrogens with zero attached hydrogens (tertiary/aromatic N) is 4. The van der Waals surface area contributed by atoms with Crippen LogP contribution in [0.3, 0.4) is 0 Å². The number of rotatable bonds is 4. The Kier molecular flexibility index (Phi) is 4.46. The summed E-state index contributed by atoms with van der Waals surface area (Å²) in [6.45, 7) is 1.56. The lowest BCUT2D eigenvalue weighted by Crippen LogP contribution is -1.99. The maximum atomic E-state index is 13.6. The van der Waals surface area contributed by atoms with Crippen LogP contribution in [0.25, 0.3) is 11.3 Å². The Morgan fingerprint density at radius 1 is 1.32 bits per heavy atom. The number of ether oxygens (including phenoxy) is 1. The van der Waals surface area contributed by atoms with Crippen molar-refractivity contribution in [3.05, 3.63) is 59.7 Å². The van der Waals surface area contributed by atoms with Crippen LogP contribution in [0.2, 0.25) is 0 Å². The molecule has 1 aromatic carbocycles. The predicted octanol–water partition coefficient (Wildman–Crippen LogP) is 3.34. The fourth-order valence-electron chi connectivity index (χ4n) is 2.48. The zero-order valence-corrected chi connectivity index (χ0v) is 13.6. The summed E-state index contributed by atoms with van der Waals surface area (Å²) in [5, 5.41) is 23.1. The number of aromatic nitrogens is 3. The first-order chi connectivity index (χ1) is 12.0. The number of halogens is 1. The van der Waals surface area contributed by atoms with E-state index in [9.17, 15) is 9.50 Å². The van der Waals surface area contributed by atoms with Crippen LogP contribution in [-0.4, -0.2) is 19.9 Å². The Bertz CT molecular complexity index is 960. The molecule has 1 N–H and O–H groups in total. The van der Waals surface area contributed by atoms with Crippen LogP contribution < -0.4 is 4.74 Å². The molecule has 3 rings (SSSR count). The fourth-order valence-corrected chi connectivity index (χ4v) is 2.48. The van der Waals surface area contributed by atoms with Crippen molar-refractivity contribution in [2.45, 2.75) is 13.0 Å². The van der Waals surface area contributed by atoms with Gasteiger partial charge >= 0.3 is 0 Å². The van der Waals surface area contributed by atoms with Gasteiger partial charge in [-0.2, -0.15) is 5.26 Å². The van der Waals surface area contributed by atoms with Crippen molar-refractivity contribution < 1.29 is 14.2 Å². The van der Waals surface area contributed by atoms with Crippen LogP contribution in [0, 0.1) is 17.1 Å². The number of aliphatic hydroxyl groups excluding tert-OH is 1. The number of aliphatic hydroxyl groups is 1. The average molecular weight is 338 g/mol. The largest absolute Gasteiger partial charge is 0.435 e. The third-order valence-electron chi connectivity index (χ3n) is 3.68. The first kappa shape index (κ1) is 16.6. The molecule has 0 saturated carbocycles. The van der Waals surface area contributed by atoms with Crippen molar-refractivity contribution in [3.63, 3.8) is 0 Å². The summed E-state index contributed by atoms with van der Waals surface area (Å²) in [5.74, 6) is 0.189. The molecule has 0 unspecified atom stereocenters. The monoisotopic (exact) mass is 338 g/mol. The first-order valence-corrected chi connectivity index (χ1v) is 7.54. The molecule has 126 valence electrons. The van der Waals surface area contributed by atoms with E-state index < -0.39 is 11.9 Å². The van der Waals surface area contributed by atoms with E-state index in [1.807, 2.05) is 6.07 Å². The van der Waals surface area contributed by atoms with Gasteiger partial charge < -0.3 is 9.84 Å². The number of benzene rings is 1. The highest BCUT2D eigenvalue weighted by Crippen LogP contribution is 2.35. The lowest BCUT2D eigenvalue weighted by molar-refractivity contribution is 0.199. The van der Waals surface area contributed by atoms with E-state index in [0.717, 1.165) is 0 Å². The quantitative estimate of drug-likeness (QED) is 0.789. The molecule has 6 nitrogen and oxygen atoms in total. The van der Waals surface area contributed by atoms with Crippen molar-refractivity contribution in [1.29, 1.82) is 5.26 Å². The Morgan fingerprint density at radius 2 is 2.12 bits per heavy atom. The van der Waals surface area contributed by atoms with E-state index in [0.29, 0.717) is 28.3 Å². The molecule has 2 heterocycles. The third kappa shape index (κ3) is 3.34. The van der Waals surface area contributed by atoms with E-state index in [-0.39, 0.29) is 5.88 Å². The second-order valence-electron chi connectivity index (χ2n) is 5.46. The van der Waals surface area contributed by atoms with Gasteiger partial charge in [0, 0.05) is 24.9 Å². The second-order valence-corrected chi connectivity index (χ2v) is 5.46. The molecule has 0 fully saturated rings. The van der Waals surface area contributed by atoms with Gasteiger partial charge in [0.1, 0.15) is 23.3 Å². The highest BCUT2D eigenvalue weighted by molar-refractivity contribution is 5.70. The zero-order chi connectivity index (χ0) is 18.0. The lowest BCUT2D eigenvalue weighted by atomic mass is 9.99. The predicted molar refractivity (Wildman–Crippen MR) is 88.3 cm³/mol. The minimum atomic E-state index is -0.874. The molecule has 2 aromatic heterocycles. The van der Waals surface area contributed by atoms with Crippen LogP contribution >= 0.6 is 0 Å². The van der Waals surface area contributed by atoms with Crippen molar-refractivity contribution in [2.24, 2.45) is 7.05 Å². The maximum Gasteiger partial charge on any atom is 0.239 e. The van der Waals surface area contributed by atoms with Crippen LogP contribution in [0.15, 0.2) is 42.6 Å². The standard InChI is InChI=1S/C18H15FN4O2/c1-11(24)15-8-12(19)5-6-14(15)18-16(4-3-7-21-18)25-17-9-13(10-20)23(2)22-17/h3-9,11,24H,1-2H3/t11-/m1/s1. The third-order valence-corrected chi connectivity index (χ3v) is 3.68.